The first-order valence-electron chi connectivity index (χ1n) is 14.0. The number of ether oxygens (including phenoxy) is 2. The van der Waals surface area contributed by atoms with Crippen LogP contribution in [0, 0.1) is 5.92 Å². The summed E-state index contributed by atoms with van der Waals surface area (Å²) in [4.78, 5) is 20.0. The molecule has 4 aromatic rings. The van der Waals surface area contributed by atoms with E-state index in [2.05, 4.69) is 42.3 Å². The number of imidazole rings is 1. The zero-order chi connectivity index (χ0) is 28.4. The Labute approximate surface area is 241 Å². The Morgan fingerprint density at radius 1 is 1.12 bits per heavy atom. The quantitative estimate of drug-likeness (QED) is 0.251. The standard InChI is InChI=1S/C31H38N8O2/c1-33-19-26(17-32)25-5-3-23(4-6-25)18-34-30-16-28(36-22-37-30)29-20-35-31-15-27(9-12-39(29)31)41-21-24-7-10-38(11-8-24)13-14-40-2/h3-6,9,12,15-17,19-20,22,24H,7-8,10-11,13-14,18,21,32H2,1-2H3,(H,34,36,37)/b26-17+,33-19?. The van der Waals surface area contributed by atoms with Gasteiger partial charge >= 0.3 is 0 Å². The summed E-state index contributed by atoms with van der Waals surface area (Å²) in [6.45, 7) is 5.35. The molecule has 1 aliphatic rings. The minimum Gasteiger partial charge on any atom is -0.493 e. The van der Waals surface area contributed by atoms with Gasteiger partial charge in [0.15, 0.2) is 0 Å². The van der Waals surface area contributed by atoms with Gasteiger partial charge in [-0.05, 0) is 49.0 Å². The molecule has 4 heterocycles. The van der Waals surface area contributed by atoms with Gasteiger partial charge in [0.2, 0.25) is 0 Å². The molecule has 1 fully saturated rings. The van der Waals surface area contributed by atoms with Crippen LogP contribution in [0.3, 0.4) is 0 Å². The zero-order valence-corrected chi connectivity index (χ0v) is 23.7. The maximum absolute atomic E-state index is 6.17. The van der Waals surface area contributed by atoms with E-state index < -0.39 is 0 Å². The predicted molar refractivity (Wildman–Crippen MR) is 163 cm³/mol. The number of pyridine rings is 1. The summed E-state index contributed by atoms with van der Waals surface area (Å²) in [6, 6.07) is 14.1. The molecule has 3 aromatic heterocycles. The van der Waals surface area contributed by atoms with Crippen LogP contribution in [0.1, 0.15) is 24.0 Å². The van der Waals surface area contributed by atoms with E-state index in [1.807, 2.05) is 47.1 Å². The number of hydrogen-bond acceptors (Lipinski definition) is 9. The maximum atomic E-state index is 6.17. The molecule has 0 spiro atoms. The lowest BCUT2D eigenvalue weighted by atomic mass is 9.98. The molecular formula is C31H38N8O2. The number of nitrogens with one attached hydrogen (secondary N) is 1. The third-order valence-electron chi connectivity index (χ3n) is 7.43. The Morgan fingerprint density at radius 3 is 2.71 bits per heavy atom. The molecule has 0 atom stereocenters. The zero-order valence-electron chi connectivity index (χ0n) is 23.7. The van der Waals surface area contributed by atoms with E-state index in [-0.39, 0.29) is 0 Å². The Kier molecular flexibility index (Phi) is 9.56. The van der Waals surface area contributed by atoms with Gasteiger partial charge < -0.3 is 25.4 Å². The Hall–Kier alpha value is -4.28. The third-order valence-corrected chi connectivity index (χ3v) is 7.43. The molecule has 214 valence electrons. The van der Waals surface area contributed by atoms with Crippen LogP contribution in [0.25, 0.3) is 22.6 Å². The summed E-state index contributed by atoms with van der Waals surface area (Å²) in [5.41, 5.74) is 11.2. The monoisotopic (exact) mass is 554 g/mol. The number of nitrogens with zero attached hydrogens (tertiary/aromatic N) is 6. The molecule has 41 heavy (non-hydrogen) atoms. The number of benzene rings is 1. The van der Waals surface area contributed by atoms with E-state index in [9.17, 15) is 0 Å². The van der Waals surface area contributed by atoms with Crippen molar-refractivity contribution in [2.45, 2.75) is 19.4 Å². The summed E-state index contributed by atoms with van der Waals surface area (Å²) < 4.78 is 13.4. The fourth-order valence-corrected chi connectivity index (χ4v) is 5.01. The molecule has 0 bridgehead atoms. The third kappa shape index (κ3) is 7.27. The first-order chi connectivity index (χ1) is 20.2. The number of aliphatic imine (C=N–C) groups is 1. The van der Waals surface area contributed by atoms with E-state index in [1.54, 1.807) is 32.9 Å². The molecule has 10 heteroatoms. The molecule has 0 unspecified atom stereocenters. The van der Waals surface area contributed by atoms with Gasteiger partial charge in [-0.3, -0.25) is 9.39 Å². The molecule has 0 saturated carbocycles. The van der Waals surface area contributed by atoms with E-state index in [0.717, 1.165) is 91.0 Å². The number of rotatable bonds is 12. The van der Waals surface area contributed by atoms with Crippen molar-refractivity contribution in [3.63, 3.8) is 0 Å². The van der Waals surface area contributed by atoms with Gasteiger partial charge in [-0.1, -0.05) is 24.3 Å². The van der Waals surface area contributed by atoms with Gasteiger partial charge in [0.25, 0.3) is 0 Å². The number of allylic oxidation sites excluding steroid dienone is 1. The van der Waals surface area contributed by atoms with Crippen LogP contribution >= 0.6 is 0 Å². The molecule has 1 aromatic carbocycles. The summed E-state index contributed by atoms with van der Waals surface area (Å²) in [7, 11) is 3.49. The fraction of sp³-hybridized carbons (Fsp3) is 0.355. The summed E-state index contributed by atoms with van der Waals surface area (Å²) in [5, 5.41) is 3.39. The van der Waals surface area contributed by atoms with Gasteiger partial charge in [-0.25, -0.2) is 15.0 Å². The average Bonchev–Trinajstić information content (AvgIpc) is 3.45. The molecule has 10 nitrogen and oxygen atoms in total. The summed E-state index contributed by atoms with van der Waals surface area (Å²) >= 11 is 0. The Bertz CT molecular complexity index is 1470. The van der Waals surface area contributed by atoms with Crippen molar-refractivity contribution >= 4 is 23.3 Å². The molecule has 1 saturated heterocycles. The van der Waals surface area contributed by atoms with Gasteiger partial charge in [-0.2, -0.15) is 0 Å². The number of methoxy groups -OCH3 is 1. The topological polar surface area (TPSA) is 115 Å². The fourth-order valence-electron chi connectivity index (χ4n) is 5.01. The molecular weight excluding hydrogens is 516 g/mol. The lowest BCUT2D eigenvalue weighted by Crippen LogP contribution is -2.37. The summed E-state index contributed by atoms with van der Waals surface area (Å²) in [5.74, 6) is 2.15. The molecule has 0 aliphatic carbocycles. The summed E-state index contributed by atoms with van der Waals surface area (Å²) in [6.07, 6.45) is 11.0. The minimum atomic E-state index is 0.570. The second-order valence-corrected chi connectivity index (χ2v) is 10.2. The average molecular weight is 555 g/mol. The van der Waals surface area contributed by atoms with Crippen LogP contribution in [0.5, 0.6) is 5.75 Å². The predicted octanol–water partition coefficient (Wildman–Crippen LogP) is 4.14. The number of likely N-dealkylation sites (tertiary alicyclic amines) is 1. The normalized spacial score (nSPS) is 15.1. The second kappa shape index (κ2) is 13.9. The van der Waals surface area contributed by atoms with Gasteiger partial charge in [0.05, 0.1) is 30.8 Å². The van der Waals surface area contributed by atoms with Crippen LogP contribution in [-0.4, -0.2) is 77.5 Å². The number of aromatic nitrogens is 4. The molecule has 1 aliphatic heterocycles. The highest BCUT2D eigenvalue weighted by atomic mass is 16.5. The molecule has 0 radical (unpaired) electrons. The SMILES string of the molecule is CN=C/C(=C\N)c1ccc(CNc2cc(-c3cnc4cc(OCC5CCN(CCOC)CC5)ccn34)ncn2)cc1. The van der Waals surface area contributed by atoms with Crippen LogP contribution in [0.2, 0.25) is 0 Å². The minimum absolute atomic E-state index is 0.570. The van der Waals surface area contributed by atoms with Crippen molar-refractivity contribution < 1.29 is 9.47 Å². The van der Waals surface area contributed by atoms with Gasteiger partial charge in [-0.15, -0.1) is 0 Å². The molecule has 5 rings (SSSR count). The van der Waals surface area contributed by atoms with Gasteiger partial charge in [0.1, 0.15) is 23.5 Å². The largest absolute Gasteiger partial charge is 0.493 e. The van der Waals surface area contributed by atoms with Gasteiger partial charge in [0, 0.05) is 63.6 Å². The van der Waals surface area contributed by atoms with E-state index in [4.69, 9.17) is 15.2 Å². The van der Waals surface area contributed by atoms with Crippen molar-refractivity contribution in [1.29, 1.82) is 0 Å². The Balaban J connectivity index is 1.18. The lowest BCUT2D eigenvalue weighted by Gasteiger charge is -2.31. The highest BCUT2D eigenvalue weighted by molar-refractivity contribution is 6.09. The second-order valence-electron chi connectivity index (χ2n) is 10.2. The highest BCUT2D eigenvalue weighted by Crippen LogP contribution is 2.25. The molecule has 3 N–H and O–H groups in total. The first-order valence-corrected chi connectivity index (χ1v) is 14.0. The number of fused-ring (bicyclic) bond motifs is 1. The van der Waals surface area contributed by atoms with Crippen molar-refractivity contribution in [2.75, 3.05) is 52.3 Å². The molecule has 0 amide bonds. The maximum Gasteiger partial charge on any atom is 0.140 e. The van der Waals surface area contributed by atoms with Crippen molar-refractivity contribution in [1.82, 2.24) is 24.3 Å². The van der Waals surface area contributed by atoms with E-state index in [1.165, 1.54) is 0 Å². The van der Waals surface area contributed by atoms with Crippen molar-refractivity contribution in [3.8, 4) is 17.1 Å². The van der Waals surface area contributed by atoms with Crippen LogP contribution in [0.15, 0.2) is 72.4 Å². The number of piperidine rings is 1. The van der Waals surface area contributed by atoms with E-state index in [0.29, 0.717) is 12.5 Å². The van der Waals surface area contributed by atoms with E-state index >= 15 is 0 Å². The number of nitrogens with two attached hydrogens (primary N) is 1. The highest BCUT2D eigenvalue weighted by Gasteiger charge is 2.19. The van der Waals surface area contributed by atoms with Crippen molar-refractivity contribution in [3.05, 3.63) is 78.5 Å². The van der Waals surface area contributed by atoms with Crippen LogP contribution in [0.4, 0.5) is 5.82 Å². The smallest absolute Gasteiger partial charge is 0.140 e. The van der Waals surface area contributed by atoms with Crippen molar-refractivity contribution in [2.24, 2.45) is 16.6 Å². The lowest BCUT2D eigenvalue weighted by molar-refractivity contribution is 0.105. The number of anilines is 1. The number of hydrogen-bond donors (Lipinski definition) is 2. The first kappa shape index (κ1) is 28.3. The van der Waals surface area contributed by atoms with Crippen LogP contribution < -0.4 is 15.8 Å². The van der Waals surface area contributed by atoms with Crippen LogP contribution in [-0.2, 0) is 11.3 Å². The Morgan fingerprint density at radius 2 is 1.95 bits per heavy atom.